The van der Waals surface area contributed by atoms with Gasteiger partial charge in [-0.1, -0.05) is 0 Å². The molecule has 114 valence electrons. The first-order chi connectivity index (χ1) is 9.71. The van der Waals surface area contributed by atoms with Gasteiger partial charge in [-0.05, 0) is 36.7 Å². The number of nitro groups is 1. The number of ether oxygens (including phenoxy) is 1. The number of hydrogen-bond donors (Lipinski definition) is 1. The van der Waals surface area contributed by atoms with E-state index in [9.17, 15) is 19.7 Å². The molecule has 0 aliphatic heterocycles. The lowest BCUT2D eigenvalue weighted by Crippen LogP contribution is -2.33. The average molecular weight is 295 g/mol. The number of rotatable bonds is 5. The van der Waals surface area contributed by atoms with Gasteiger partial charge in [0.2, 0.25) is 0 Å². The van der Waals surface area contributed by atoms with Crippen molar-refractivity contribution in [2.75, 3.05) is 6.54 Å². The highest BCUT2D eigenvalue weighted by Crippen LogP contribution is 2.12. The lowest BCUT2D eigenvalue weighted by atomic mass is 10.2. The number of carbonyl (C=O) groups is 2. The topological polar surface area (TPSA) is 111 Å². The number of amides is 1. The van der Waals surface area contributed by atoms with Gasteiger partial charge in [-0.2, -0.15) is 0 Å². The molecule has 21 heavy (non-hydrogen) atoms. The summed E-state index contributed by atoms with van der Waals surface area (Å²) in [5.74, 6) is -0.396. The summed E-state index contributed by atoms with van der Waals surface area (Å²) in [6.07, 6.45) is 0.185. The second kappa shape index (κ2) is 6.78. The summed E-state index contributed by atoms with van der Waals surface area (Å²) in [7, 11) is 0. The third kappa shape index (κ3) is 5.98. The maximum absolute atomic E-state index is 11.4. The second-order valence-corrected chi connectivity index (χ2v) is 5.30. The first-order valence-corrected chi connectivity index (χ1v) is 6.28. The molecule has 0 saturated heterocycles. The quantitative estimate of drug-likeness (QED) is 0.504. The molecule has 0 spiro atoms. The zero-order valence-corrected chi connectivity index (χ0v) is 12.1. The van der Waals surface area contributed by atoms with Crippen molar-refractivity contribution in [1.82, 2.24) is 10.3 Å². The highest BCUT2D eigenvalue weighted by molar-refractivity contribution is 5.75. The van der Waals surface area contributed by atoms with Crippen LogP contribution in [0.4, 0.5) is 10.6 Å². The standard InChI is InChI=1S/C13H17N3O5/c1-13(2,3)21-12(18)14-5-4-10-6-9(8-17)7-11(15-10)16(19)20/h6-8H,4-5H2,1-3H3,(H,14,18). The maximum atomic E-state index is 11.4. The van der Waals surface area contributed by atoms with Crippen molar-refractivity contribution in [2.45, 2.75) is 32.8 Å². The van der Waals surface area contributed by atoms with E-state index in [0.717, 1.165) is 6.07 Å². The Balaban J connectivity index is 2.63. The monoisotopic (exact) mass is 295 g/mol. The molecule has 1 N–H and O–H groups in total. The van der Waals surface area contributed by atoms with Crippen molar-refractivity contribution in [2.24, 2.45) is 0 Å². The van der Waals surface area contributed by atoms with E-state index in [1.54, 1.807) is 20.8 Å². The summed E-state index contributed by atoms with van der Waals surface area (Å²) >= 11 is 0. The van der Waals surface area contributed by atoms with Gasteiger partial charge < -0.3 is 20.2 Å². The van der Waals surface area contributed by atoms with Gasteiger partial charge in [0.05, 0.1) is 0 Å². The number of hydrogen-bond acceptors (Lipinski definition) is 6. The van der Waals surface area contributed by atoms with Crippen LogP contribution in [0, 0.1) is 10.1 Å². The number of carbonyl (C=O) groups excluding carboxylic acids is 2. The molecule has 8 nitrogen and oxygen atoms in total. The Bertz CT molecular complexity index is 551. The van der Waals surface area contributed by atoms with E-state index in [2.05, 4.69) is 10.3 Å². The Morgan fingerprint density at radius 2 is 2.14 bits per heavy atom. The Hall–Kier alpha value is -2.51. The van der Waals surface area contributed by atoms with Crippen LogP contribution < -0.4 is 5.32 Å². The molecule has 0 saturated carbocycles. The lowest BCUT2D eigenvalue weighted by molar-refractivity contribution is -0.389. The van der Waals surface area contributed by atoms with Crippen molar-refractivity contribution >= 4 is 18.2 Å². The molecule has 0 atom stereocenters. The largest absolute Gasteiger partial charge is 0.444 e. The van der Waals surface area contributed by atoms with E-state index in [1.807, 2.05) is 0 Å². The number of pyridine rings is 1. The van der Waals surface area contributed by atoms with E-state index in [1.165, 1.54) is 6.07 Å². The maximum Gasteiger partial charge on any atom is 0.407 e. The number of nitrogens with one attached hydrogen (secondary N) is 1. The van der Waals surface area contributed by atoms with Crippen LogP contribution in [0.25, 0.3) is 0 Å². The summed E-state index contributed by atoms with van der Waals surface area (Å²) in [6.45, 7) is 5.42. The molecule has 1 amide bonds. The fraction of sp³-hybridized carbons (Fsp3) is 0.462. The fourth-order valence-corrected chi connectivity index (χ4v) is 1.49. The molecule has 0 unspecified atom stereocenters. The smallest absolute Gasteiger partial charge is 0.407 e. The van der Waals surface area contributed by atoms with Crippen LogP contribution >= 0.6 is 0 Å². The first kappa shape index (κ1) is 16.5. The number of alkyl carbamates (subject to hydrolysis) is 1. The van der Waals surface area contributed by atoms with Crippen LogP contribution in [0.1, 0.15) is 36.8 Å². The second-order valence-electron chi connectivity index (χ2n) is 5.30. The van der Waals surface area contributed by atoms with Crippen LogP contribution in [-0.4, -0.2) is 34.4 Å². The molecule has 1 aromatic heterocycles. The predicted octanol–water partition coefficient (Wildman–Crippen LogP) is 1.87. The van der Waals surface area contributed by atoms with E-state index >= 15 is 0 Å². The van der Waals surface area contributed by atoms with Crippen LogP contribution in [0.3, 0.4) is 0 Å². The minimum absolute atomic E-state index is 0.170. The Morgan fingerprint density at radius 3 is 2.67 bits per heavy atom. The van der Waals surface area contributed by atoms with E-state index in [0.29, 0.717) is 12.0 Å². The zero-order valence-electron chi connectivity index (χ0n) is 12.1. The van der Waals surface area contributed by atoms with Crippen LogP contribution in [0.5, 0.6) is 0 Å². The SMILES string of the molecule is CC(C)(C)OC(=O)NCCc1cc(C=O)cc([N+](=O)[O-])n1. The van der Waals surface area contributed by atoms with E-state index in [-0.39, 0.29) is 18.5 Å². The van der Waals surface area contributed by atoms with E-state index < -0.39 is 22.4 Å². The Labute approximate surface area is 121 Å². The van der Waals surface area contributed by atoms with Gasteiger partial charge in [-0.3, -0.25) is 4.79 Å². The molecule has 0 fully saturated rings. The molecule has 0 bridgehead atoms. The van der Waals surface area contributed by atoms with Crippen LogP contribution in [0.15, 0.2) is 12.1 Å². The molecule has 0 aliphatic carbocycles. The third-order valence-corrected chi connectivity index (χ3v) is 2.26. The highest BCUT2D eigenvalue weighted by atomic mass is 16.6. The zero-order chi connectivity index (χ0) is 16.0. The van der Waals surface area contributed by atoms with Crippen molar-refractivity contribution in [1.29, 1.82) is 0 Å². The van der Waals surface area contributed by atoms with Gasteiger partial charge >= 0.3 is 11.9 Å². The number of aldehydes is 1. The van der Waals surface area contributed by atoms with Gasteiger partial charge in [-0.25, -0.2) is 4.79 Å². The molecule has 1 rings (SSSR count). The molecule has 0 aliphatic rings. The average Bonchev–Trinajstić information content (AvgIpc) is 2.36. The van der Waals surface area contributed by atoms with Gasteiger partial charge in [0.1, 0.15) is 5.60 Å². The molecule has 0 aromatic carbocycles. The molecule has 0 radical (unpaired) electrons. The Morgan fingerprint density at radius 1 is 1.48 bits per heavy atom. The summed E-state index contributed by atoms with van der Waals surface area (Å²) in [6, 6.07) is 2.54. The van der Waals surface area contributed by atoms with Crippen molar-refractivity contribution in [3.8, 4) is 0 Å². The number of nitrogens with zero attached hydrogens (tertiary/aromatic N) is 2. The highest BCUT2D eigenvalue weighted by Gasteiger charge is 2.17. The van der Waals surface area contributed by atoms with Crippen LogP contribution in [-0.2, 0) is 11.2 Å². The minimum Gasteiger partial charge on any atom is -0.444 e. The van der Waals surface area contributed by atoms with Gasteiger partial charge in [0.25, 0.3) is 0 Å². The third-order valence-electron chi connectivity index (χ3n) is 2.26. The summed E-state index contributed by atoms with van der Waals surface area (Å²) in [4.78, 5) is 36.0. The molecular weight excluding hydrogens is 278 g/mol. The van der Waals surface area contributed by atoms with Gasteiger partial charge in [0.15, 0.2) is 12.0 Å². The van der Waals surface area contributed by atoms with E-state index in [4.69, 9.17) is 4.74 Å². The molecule has 1 aromatic rings. The summed E-state index contributed by atoms with van der Waals surface area (Å²) < 4.78 is 5.05. The molecule has 8 heteroatoms. The van der Waals surface area contributed by atoms with Crippen molar-refractivity contribution in [3.05, 3.63) is 33.5 Å². The summed E-state index contributed by atoms with van der Waals surface area (Å²) in [5, 5.41) is 13.2. The van der Waals surface area contributed by atoms with Gasteiger partial charge in [0, 0.05) is 24.6 Å². The minimum atomic E-state index is -0.669. The van der Waals surface area contributed by atoms with Gasteiger partial charge in [-0.15, -0.1) is 0 Å². The van der Waals surface area contributed by atoms with Crippen LogP contribution in [0.2, 0.25) is 0 Å². The molecule has 1 heterocycles. The van der Waals surface area contributed by atoms with Crippen molar-refractivity contribution in [3.63, 3.8) is 0 Å². The summed E-state index contributed by atoms with van der Waals surface area (Å²) in [5.41, 5.74) is -0.0789. The molecular formula is C13H17N3O5. The first-order valence-electron chi connectivity index (χ1n) is 6.28. The normalized spacial score (nSPS) is 10.8. The van der Waals surface area contributed by atoms with Crippen molar-refractivity contribution < 1.29 is 19.2 Å². The Kier molecular flexibility index (Phi) is 5.34. The lowest BCUT2D eigenvalue weighted by Gasteiger charge is -2.19. The predicted molar refractivity (Wildman–Crippen MR) is 74.2 cm³/mol. The number of aromatic nitrogens is 1. The fourth-order valence-electron chi connectivity index (χ4n) is 1.49.